The normalized spacial score (nSPS) is 22.4. The quantitative estimate of drug-likeness (QED) is 0.621. The average molecular weight is 213 g/mol. The van der Waals surface area contributed by atoms with Crippen LogP contribution < -0.4 is 0 Å². The first-order chi connectivity index (χ1) is 6.88. The minimum Gasteiger partial charge on any atom is -0.444 e. The average Bonchev–Trinajstić information content (AvgIpc) is 2.26. The van der Waals surface area contributed by atoms with Gasteiger partial charge in [0.05, 0.1) is 12.6 Å². The SMILES string of the molecule is CC(C)(C)OC(=O)N1CCC=C[C@@H](O)C1. The Balaban J connectivity index is 2.53. The standard InChI is InChI=1S/C11H19NO3/c1-11(2,3)15-10(14)12-7-5-4-6-9(13)8-12/h4,6,9,13H,5,7-8H2,1-3H3/t9-/m1/s1. The van der Waals surface area contributed by atoms with E-state index in [1.54, 1.807) is 6.08 Å². The highest BCUT2D eigenvalue weighted by molar-refractivity contribution is 5.68. The molecule has 1 amide bonds. The van der Waals surface area contributed by atoms with Crippen LogP contribution in [-0.4, -0.2) is 40.9 Å². The van der Waals surface area contributed by atoms with Crippen LogP contribution in [0.4, 0.5) is 4.79 Å². The molecule has 86 valence electrons. The van der Waals surface area contributed by atoms with E-state index in [1.807, 2.05) is 26.8 Å². The second-order valence-electron chi connectivity index (χ2n) is 4.71. The Kier molecular flexibility index (Phi) is 3.74. The molecule has 0 aromatic rings. The van der Waals surface area contributed by atoms with E-state index in [0.29, 0.717) is 13.1 Å². The molecule has 1 heterocycles. The third-order valence-electron chi connectivity index (χ3n) is 1.98. The summed E-state index contributed by atoms with van der Waals surface area (Å²) in [5, 5.41) is 9.47. The van der Waals surface area contributed by atoms with Crippen molar-refractivity contribution in [3.05, 3.63) is 12.2 Å². The van der Waals surface area contributed by atoms with Gasteiger partial charge in [0.25, 0.3) is 0 Å². The van der Waals surface area contributed by atoms with Crippen molar-refractivity contribution in [2.24, 2.45) is 0 Å². The summed E-state index contributed by atoms with van der Waals surface area (Å²) in [5.74, 6) is 0. The maximum absolute atomic E-state index is 11.7. The van der Waals surface area contributed by atoms with Gasteiger partial charge in [-0.3, -0.25) is 0 Å². The van der Waals surface area contributed by atoms with Gasteiger partial charge in [0.15, 0.2) is 0 Å². The third-order valence-corrected chi connectivity index (χ3v) is 1.98. The van der Waals surface area contributed by atoms with Crippen molar-refractivity contribution in [3.63, 3.8) is 0 Å². The van der Waals surface area contributed by atoms with Crippen LogP contribution in [0.15, 0.2) is 12.2 Å². The zero-order valence-electron chi connectivity index (χ0n) is 9.56. The highest BCUT2D eigenvalue weighted by Crippen LogP contribution is 2.12. The molecule has 0 radical (unpaired) electrons. The predicted octanol–water partition coefficient (Wildman–Crippen LogP) is 1.54. The Labute approximate surface area is 90.5 Å². The zero-order valence-corrected chi connectivity index (χ0v) is 9.56. The van der Waals surface area contributed by atoms with Gasteiger partial charge >= 0.3 is 6.09 Å². The number of nitrogens with zero attached hydrogens (tertiary/aromatic N) is 1. The van der Waals surface area contributed by atoms with Crippen molar-refractivity contribution < 1.29 is 14.6 Å². The molecule has 1 rings (SSSR count). The fourth-order valence-electron chi connectivity index (χ4n) is 1.35. The Morgan fingerprint density at radius 1 is 1.53 bits per heavy atom. The number of aliphatic hydroxyl groups is 1. The molecule has 0 saturated heterocycles. The number of amides is 1. The Hall–Kier alpha value is -1.03. The van der Waals surface area contributed by atoms with Crippen molar-refractivity contribution in [3.8, 4) is 0 Å². The Morgan fingerprint density at radius 3 is 2.80 bits per heavy atom. The minimum atomic E-state index is -0.583. The summed E-state index contributed by atoms with van der Waals surface area (Å²) >= 11 is 0. The van der Waals surface area contributed by atoms with Crippen molar-refractivity contribution in [1.82, 2.24) is 4.90 Å². The first-order valence-corrected chi connectivity index (χ1v) is 5.21. The van der Waals surface area contributed by atoms with Crippen molar-refractivity contribution in [2.45, 2.75) is 38.9 Å². The maximum atomic E-state index is 11.7. The molecule has 0 aromatic carbocycles. The van der Waals surface area contributed by atoms with Gasteiger partial charge in [0.1, 0.15) is 5.60 Å². The van der Waals surface area contributed by atoms with Crippen LogP contribution in [0.1, 0.15) is 27.2 Å². The molecule has 0 aromatic heterocycles. The lowest BCUT2D eigenvalue weighted by Gasteiger charge is -2.27. The summed E-state index contributed by atoms with van der Waals surface area (Å²) in [5.41, 5.74) is -0.484. The lowest BCUT2D eigenvalue weighted by Crippen LogP contribution is -2.40. The summed E-state index contributed by atoms with van der Waals surface area (Å²) in [6, 6.07) is 0. The Morgan fingerprint density at radius 2 is 2.20 bits per heavy atom. The van der Waals surface area contributed by atoms with E-state index in [2.05, 4.69) is 0 Å². The van der Waals surface area contributed by atoms with Crippen LogP contribution in [0.3, 0.4) is 0 Å². The third kappa shape index (κ3) is 4.34. The number of hydrogen-bond acceptors (Lipinski definition) is 3. The largest absolute Gasteiger partial charge is 0.444 e. The molecule has 0 spiro atoms. The van der Waals surface area contributed by atoms with Crippen LogP contribution in [0.25, 0.3) is 0 Å². The van der Waals surface area contributed by atoms with Gasteiger partial charge in [-0.25, -0.2) is 4.79 Å². The minimum absolute atomic E-state index is 0.311. The van der Waals surface area contributed by atoms with Gasteiger partial charge in [0.2, 0.25) is 0 Å². The van der Waals surface area contributed by atoms with Gasteiger partial charge < -0.3 is 14.7 Å². The summed E-state index contributed by atoms with van der Waals surface area (Å²) in [6.45, 7) is 6.40. The monoisotopic (exact) mass is 213 g/mol. The molecule has 0 aliphatic carbocycles. The summed E-state index contributed by atoms with van der Waals surface area (Å²) < 4.78 is 5.23. The first kappa shape index (κ1) is 12.0. The summed E-state index contributed by atoms with van der Waals surface area (Å²) in [4.78, 5) is 13.2. The van der Waals surface area contributed by atoms with E-state index in [4.69, 9.17) is 4.74 Å². The van der Waals surface area contributed by atoms with Crippen molar-refractivity contribution in [2.75, 3.05) is 13.1 Å². The smallest absolute Gasteiger partial charge is 0.410 e. The van der Waals surface area contributed by atoms with E-state index in [1.165, 1.54) is 4.90 Å². The molecule has 0 saturated carbocycles. The molecule has 0 unspecified atom stereocenters. The second kappa shape index (κ2) is 4.66. The number of ether oxygens (including phenoxy) is 1. The van der Waals surface area contributed by atoms with Crippen LogP contribution in [0.5, 0.6) is 0 Å². The second-order valence-corrected chi connectivity index (χ2v) is 4.71. The van der Waals surface area contributed by atoms with Gasteiger partial charge in [-0.15, -0.1) is 0 Å². The molecular weight excluding hydrogens is 194 g/mol. The topological polar surface area (TPSA) is 49.8 Å². The van der Waals surface area contributed by atoms with E-state index in [9.17, 15) is 9.90 Å². The number of hydrogen-bond donors (Lipinski definition) is 1. The molecule has 0 fully saturated rings. The van der Waals surface area contributed by atoms with Crippen LogP contribution >= 0.6 is 0 Å². The lowest BCUT2D eigenvalue weighted by atomic mass is 10.2. The van der Waals surface area contributed by atoms with Gasteiger partial charge in [-0.2, -0.15) is 0 Å². The highest BCUT2D eigenvalue weighted by Gasteiger charge is 2.23. The van der Waals surface area contributed by atoms with Crippen molar-refractivity contribution >= 4 is 6.09 Å². The van der Waals surface area contributed by atoms with Crippen LogP contribution in [0, 0.1) is 0 Å². The predicted molar refractivity (Wildman–Crippen MR) is 57.6 cm³/mol. The Bertz CT molecular complexity index is 255. The van der Waals surface area contributed by atoms with Gasteiger partial charge in [-0.1, -0.05) is 12.2 Å². The molecule has 1 N–H and O–H groups in total. The lowest BCUT2D eigenvalue weighted by molar-refractivity contribution is 0.0194. The van der Waals surface area contributed by atoms with Crippen molar-refractivity contribution in [1.29, 1.82) is 0 Å². The molecule has 0 bridgehead atoms. The van der Waals surface area contributed by atoms with E-state index < -0.39 is 11.7 Å². The number of aliphatic hydroxyl groups excluding tert-OH is 1. The summed E-state index contributed by atoms with van der Waals surface area (Å²) in [7, 11) is 0. The number of carbonyl (C=O) groups excluding carboxylic acids is 1. The first-order valence-electron chi connectivity index (χ1n) is 5.21. The van der Waals surface area contributed by atoms with Crippen LogP contribution in [0.2, 0.25) is 0 Å². The molecule has 1 atom stereocenters. The fraction of sp³-hybridized carbons (Fsp3) is 0.727. The molecule has 1 aliphatic rings. The molecule has 4 nitrogen and oxygen atoms in total. The molecule has 4 heteroatoms. The number of carbonyl (C=O) groups is 1. The van der Waals surface area contributed by atoms with E-state index in [-0.39, 0.29) is 6.09 Å². The maximum Gasteiger partial charge on any atom is 0.410 e. The highest BCUT2D eigenvalue weighted by atomic mass is 16.6. The van der Waals surface area contributed by atoms with E-state index in [0.717, 1.165) is 6.42 Å². The van der Waals surface area contributed by atoms with Gasteiger partial charge in [-0.05, 0) is 27.2 Å². The molecular formula is C11H19NO3. The number of rotatable bonds is 0. The molecule has 15 heavy (non-hydrogen) atoms. The number of β-amino-alcohol motifs (C(OH)–C–C–N with tert-alkyl or cyclic N) is 1. The van der Waals surface area contributed by atoms with E-state index >= 15 is 0 Å². The zero-order chi connectivity index (χ0) is 11.5. The molecule has 1 aliphatic heterocycles. The van der Waals surface area contributed by atoms with Gasteiger partial charge in [0, 0.05) is 6.54 Å². The fourth-order valence-corrected chi connectivity index (χ4v) is 1.35. The van der Waals surface area contributed by atoms with Crippen LogP contribution in [-0.2, 0) is 4.74 Å². The summed E-state index contributed by atoms with van der Waals surface area (Å²) in [6.07, 6.45) is 3.42.